The number of aromatic nitrogens is 1. The van der Waals surface area contributed by atoms with Gasteiger partial charge in [-0.1, -0.05) is 24.3 Å². The van der Waals surface area contributed by atoms with Crippen molar-refractivity contribution in [1.29, 1.82) is 0 Å². The lowest BCUT2D eigenvalue weighted by atomic mass is 9.80. The molecule has 1 aliphatic carbocycles. The van der Waals surface area contributed by atoms with Crippen molar-refractivity contribution < 1.29 is 23.9 Å². The number of fused-ring (bicyclic) bond motifs is 1. The van der Waals surface area contributed by atoms with Gasteiger partial charge in [0.05, 0.1) is 24.1 Å². The molecular weight excluding hydrogens is 564 g/mol. The molecule has 1 saturated heterocycles. The second kappa shape index (κ2) is 12.9. The molecule has 2 heterocycles. The molecule has 0 saturated carbocycles. The second-order valence-electron chi connectivity index (χ2n) is 12.5. The minimum Gasteiger partial charge on any atom is -0.484 e. The fourth-order valence-corrected chi connectivity index (χ4v) is 6.34. The molecule has 1 aromatic heterocycles. The summed E-state index contributed by atoms with van der Waals surface area (Å²) in [5.74, 6) is 0.0848. The predicted octanol–water partition coefficient (Wildman–Crippen LogP) is 4.10. The summed E-state index contributed by atoms with van der Waals surface area (Å²) in [6.07, 6.45) is 1.00. The van der Waals surface area contributed by atoms with E-state index < -0.39 is 11.0 Å². The summed E-state index contributed by atoms with van der Waals surface area (Å²) < 4.78 is 11.3. The molecule has 9 nitrogen and oxygen atoms in total. The standard InChI is InChI=1S/C33H40N4O5S/c1-32(2,3)42-30(39)19-33(17-24-7-5-6-8-25(24)18-33)31(40)34-20-28-35-27(22-43-28)23-9-11-26(12-10-23)41-21-29(38)37-15-13-36(4)14-16-37/h5-12,22H,13-21H2,1-4H3,(H,34,40). The Morgan fingerprint density at radius 3 is 2.26 bits per heavy atom. The van der Waals surface area contributed by atoms with Crippen molar-refractivity contribution in [3.8, 4) is 17.0 Å². The first-order valence-corrected chi connectivity index (χ1v) is 15.6. The van der Waals surface area contributed by atoms with E-state index in [4.69, 9.17) is 14.5 Å². The minimum absolute atomic E-state index is 0.00211. The first-order chi connectivity index (χ1) is 20.5. The van der Waals surface area contributed by atoms with E-state index in [1.165, 1.54) is 11.3 Å². The Hall–Kier alpha value is -3.76. The third-order valence-electron chi connectivity index (χ3n) is 7.88. The van der Waals surface area contributed by atoms with Gasteiger partial charge in [-0.05, 0) is 76.1 Å². The lowest BCUT2D eigenvalue weighted by Gasteiger charge is -2.32. The van der Waals surface area contributed by atoms with Crippen molar-refractivity contribution in [2.24, 2.45) is 5.41 Å². The van der Waals surface area contributed by atoms with Crippen molar-refractivity contribution in [1.82, 2.24) is 20.1 Å². The Morgan fingerprint density at radius 1 is 0.977 bits per heavy atom. The van der Waals surface area contributed by atoms with Gasteiger partial charge in [-0.15, -0.1) is 11.3 Å². The van der Waals surface area contributed by atoms with Crippen LogP contribution in [0.1, 0.15) is 43.3 Å². The molecule has 0 atom stereocenters. The second-order valence-corrected chi connectivity index (χ2v) is 13.4. The molecule has 2 aromatic carbocycles. The number of nitrogens with zero attached hydrogens (tertiary/aromatic N) is 3. The number of amides is 2. The van der Waals surface area contributed by atoms with Crippen molar-refractivity contribution in [2.45, 2.75) is 52.2 Å². The molecule has 2 aliphatic rings. The summed E-state index contributed by atoms with van der Waals surface area (Å²) in [5, 5.41) is 5.78. The Labute approximate surface area is 257 Å². The highest BCUT2D eigenvalue weighted by Gasteiger charge is 2.46. The number of piperazine rings is 1. The van der Waals surface area contributed by atoms with Gasteiger partial charge in [-0.25, -0.2) is 4.98 Å². The third kappa shape index (κ3) is 7.80. The molecule has 0 bridgehead atoms. The summed E-state index contributed by atoms with van der Waals surface area (Å²) in [6.45, 7) is 8.98. The van der Waals surface area contributed by atoms with Crippen LogP contribution in [0.25, 0.3) is 11.3 Å². The van der Waals surface area contributed by atoms with Crippen molar-refractivity contribution >= 4 is 29.1 Å². The van der Waals surface area contributed by atoms with E-state index in [1.54, 1.807) is 0 Å². The van der Waals surface area contributed by atoms with Gasteiger partial charge in [0.15, 0.2) is 6.61 Å². The van der Waals surface area contributed by atoms with Crippen molar-refractivity contribution in [3.63, 3.8) is 0 Å². The van der Waals surface area contributed by atoms with Crippen LogP contribution in [0.2, 0.25) is 0 Å². The first-order valence-electron chi connectivity index (χ1n) is 14.7. The van der Waals surface area contributed by atoms with Crippen LogP contribution in [0.15, 0.2) is 53.9 Å². The van der Waals surface area contributed by atoms with E-state index in [1.807, 2.05) is 79.6 Å². The first kappa shape index (κ1) is 30.7. The van der Waals surface area contributed by atoms with Crippen LogP contribution in [0.5, 0.6) is 5.75 Å². The summed E-state index contributed by atoms with van der Waals surface area (Å²) in [5.41, 5.74) is 2.38. The molecule has 2 amide bonds. The summed E-state index contributed by atoms with van der Waals surface area (Å²) in [4.78, 5) is 47.8. The maximum Gasteiger partial charge on any atom is 0.307 e. The summed E-state index contributed by atoms with van der Waals surface area (Å²) in [7, 11) is 2.06. The van der Waals surface area contributed by atoms with E-state index in [0.29, 0.717) is 18.6 Å². The number of nitrogens with one attached hydrogen (secondary N) is 1. The number of carbonyl (C=O) groups is 3. The lowest BCUT2D eigenvalue weighted by Crippen LogP contribution is -2.48. The highest BCUT2D eigenvalue weighted by atomic mass is 32.1. The average molecular weight is 605 g/mol. The zero-order chi connectivity index (χ0) is 30.6. The summed E-state index contributed by atoms with van der Waals surface area (Å²) in [6, 6.07) is 15.5. The van der Waals surface area contributed by atoms with E-state index in [9.17, 15) is 14.4 Å². The van der Waals surface area contributed by atoms with Crippen LogP contribution in [0.4, 0.5) is 0 Å². The topological polar surface area (TPSA) is 101 Å². The Kier molecular flexibility index (Phi) is 9.17. The largest absolute Gasteiger partial charge is 0.484 e. The van der Waals surface area contributed by atoms with Crippen LogP contribution in [0, 0.1) is 5.41 Å². The molecule has 0 spiro atoms. The van der Waals surface area contributed by atoms with Gasteiger partial charge < -0.3 is 24.6 Å². The van der Waals surface area contributed by atoms with Crippen molar-refractivity contribution in [2.75, 3.05) is 39.8 Å². The average Bonchev–Trinajstić information content (AvgIpc) is 3.59. The monoisotopic (exact) mass is 604 g/mol. The number of rotatable bonds is 9. The van der Waals surface area contributed by atoms with Crippen LogP contribution < -0.4 is 10.1 Å². The third-order valence-corrected chi connectivity index (χ3v) is 8.73. The molecule has 3 aromatic rings. The predicted molar refractivity (Wildman–Crippen MR) is 166 cm³/mol. The maximum atomic E-state index is 13.7. The Balaban J connectivity index is 1.17. The normalized spacial score (nSPS) is 16.4. The molecule has 0 unspecified atom stereocenters. The van der Waals surface area contributed by atoms with Crippen molar-refractivity contribution in [3.05, 3.63) is 70.0 Å². The molecule has 228 valence electrons. The minimum atomic E-state index is -0.895. The zero-order valence-corrected chi connectivity index (χ0v) is 26.2. The fraction of sp³-hybridized carbons (Fsp3) is 0.455. The molecule has 1 fully saturated rings. The number of benzene rings is 2. The molecule has 0 radical (unpaired) electrons. The van der Waals surface area contributed by atoms with Gasteiger partial charge in [-0.2, -0.15) is 0 Å². The Morgan fingerprint density at radius 2 is 1.63 bits per heavy atom. The molecule has 10 heteroatoms. The molecular formula is C33H40N4O5S. The number of likely N-dealkylation sites (N-methyl/N-ethyl adjacent to an activating group) is 1. The Bertz CT molecular complexity index is 1430. The number of hydrogen-bond donors (Lipinski definition) is 1. The number of carbonyl (C=O) groups excluding carboxylic acids is 3. The smallest absolute Gasteiger partial charge is 0.307 e. The molecule has 43 heavy (non-hydrogen) atoms. The van der Waals surface area contributed by atoms with Crippen LogP contribution in [-0.4, -0.2) is 78.0 Å². The van der Waals surface area contributed by atoms with Crippen LogP contribution in [-0.2, 0) is 38.5 Å². The molecule has 5 rings (SSSR count). The van der Waals surface area contributed by atoms with Crippen LogP contribution in [0.3, 0.4) is 0 Å². The number of hydrogen-bond acceptors (Lipinski definition) is 8. The van der Waals surface area contributed by atoms with E-state index >= 15 is 0 Å². The highest BCUT2D eigenvalue weighted by Crippen LogP contribution is 2.41. The maximum absolute atomic E-state index is 13.7. The van der Waals surface area contributed by atoms with Gasteiger partial charge in [0.2, 0.25) is 5.91 Å². The van der Waals surface area contributed by atoms with E-state index in [0.717, 1.165) is 53.6 Å². The quantitative estimate of drug-likeness (QED) is 0.367. The highest BCUT2D eigenvalue weighted by molar-refractivity contribution is 7.09. The SMILES string of the molecule is CN1CCN(C(=O)COc2ccc(-c3csc(CNC(=O)C4(CC(=O)OC(C)(C)C)Cc5ccccc5C4)n3)cc2)CC1. The fourth-order valence-electron chi connectivity index (χ4n) is 5.60. The van der Waals surface area contributed by atoms with Crippen LogP contribution >= 0.6 is 11.3 Å². The lowest BCUT2D eigenvalue weighted by molar-refractivity contribution is -0.160. The van der Waals surface area contributed by atoms with Gasteiger partial charge >= 0.3 is 5.97 Å². The van der Waals surface area contributed by atoms with Gasteiger partial charge in [-0.3, -0.25) is 14.4 Å². The number of thiazole rings is 1. The van der Waals surface area contributed by atoms with E-state index in [-0.39, 0.29) is 37.4 Å². The van der Waals surface area contributed by atoms with E-state index in [2.05, 4.69) is 17.3 Å². The molecule has 1 N–H and O–H groups in total. The molecule has 1 aliphatic heterocycles. The zero-order valence-electron chi connectivity index (χ0n) is 25.4. The van der Waals surface area contributed by atoms with Gasteiger partial charge in [0.1, 0.15) is 16.4 Å². The number of ether oxygens (including phenoxy) is 2. The van der Waals surface area contributed by atoms with Gasteiger partial charge in [0, 0.05) is 37.1 Å². The summed E-state index contributed by atoms with van der Waals surface area (Å²) >= 11 is 1.47. The van der Waals surface area contributed by atoms with Gasteiger partial charge in [0.25, 0.3) is 5.91 Å². The number of esters is 1.